The predicted octanol–water partition coefficient (Wildman–Crippen LogP) is 5.93. The summed E-state index contributed by atoms with van der Waals surface area (Å²) in [6.07, 6.45) is 2.99. The van der Waals surface area contributed by atoms with Crippen LogP contribution in [0.25, 0.3) is 17.2 Å². The van der Waals surface area contributed by atoms with Gasteiger partial charge in [0, 0.05) is 36.6 Å². The van der Waals surface area contributed by atoms with Crippen LogP contribution in [0.15, 0.2) is 90.6 Å². The van der Waals surface area contributed by atoms with E-state index in [2.05, 4.69) is 47.6 Å². The number of carbonyl (C=O) groups is 1. The van der Waals surface area contributed by atoms with Crippen molar-refractivity contribution in [3.05, 3.63) is 113 Å². The first-order valence-corrected chi connectivity index (χ1v) is 12.7. The van der Waals surface area contributed by atoms with Crippen molar-refractivity contribution in [2.45, 2.75) is 19.4 Å². The minimum Gasteiger partial charge on any atom is -0.493 e. The van der Waals surface area contributed by atoms with Gasteiger partial charge >= 0.3 is 0 Å². The molecule has 0 radical (unpaired) electrons. The van der Waals surface area contributed by atoms with Crippen molar-refractivity contribution in [2.24, 2.45) is 0 Å². The molecule has 1 atom stereocenters. The van der Waals surface area contributed by atoms with E-state index in [1.165, 1.54) is 12.7 Å². The molecule has 4 aromatic rings. The average molecular weight is 523 g/mol. The summed E-state index contributed by atoms with van der Waals surface area (Å²) in [4.78, 5) is 17.5. The molecular weight excluding hydrogens is 492 g/mol. The topological polar surface area (TPSA) is 89.9 Å². The lowest BCUT2D eigenvalue weighted by molar-refractivity contribution is -0.113. The number of methoxy groups -OCH3 is 1. The number of fused-ring (bicyclic) bond motifs is 1. The molecule has 0 saturated heterocycles. The second-order valence-corrected chi connectivity index (χ2v) is 9.30. The number of aromatic nitrogens is 1. The van der Waals surface area contributed by atoms with Gasteiger partial charge in [-0.1, -0.05) is 48.0 Å². The van der Waals surface area contributed by atoms with E-state index < -0.39 is 6.10 Å². The fraction of sp³-hybridized carbons (Fsp3) is 0.188. The monoisotopic (exact) mass is 522 g/mol. The van der Waals surface area contributed by atoms with E-state index in [1.807, 2.05) is 18.2 Å². The maximum atomic E-state index is 13.2. The number of anilines is 1. The molecule has 39 heavy (non-hydrogen) atoms. The maximum absolute atomic E-state index is 13.2. The van der Waals surface area contributed by atoms with Crippen molar-refractivity contribution in [3.8, 4) is 22.6 Å². The second kappa shape index (κ2) is 11.9. The number of aliphatic hydroxyl groups excluding tert-OH is 1. The molecule has 0 spiro atoms. The van der Waals surface area contributed by atoms with E-state index in [1.54, 1.807) is 42.6 Å². The van der Waals surface area contributed by atoms with Crippen LogP contribution in [0.3, 0.4) is 0 Å². The Labute approximate surface area is 227 Å². The Morgan fingerprint density at radius 3 is 2.59 bits per heavy atom. The van der Waals surface area contributed by atoms with Gasteiger partial charge in [0.25, 0.3) is 5.91 Å². The molecule has 1 unspecified atom stereocenters. The molecule has 1 amide bonds. The zero-order valence-electron chi connectivity index (χ0n) is 21.9. The summed E-state index contributed by atoms with van der Waals surface area (Å²) in [5, 5.41) is 13.9. The molecule has 0 saturated carbocycles. The van der Waals surface area contributed by atoms with Gasteiger partial charge in [-0.3, -0.25) is 9.78 Å². The highest BCUT2D eigenvalue weighted by atomic mass is 16.7. The summed E-state index contributed by atoms with van der Waals surface area (Å²) in [5.74, 6) is 1.01. The number of hydrogen-bond donors (Lipinski definition) is 2. The highest BCUT2D eigenvalue weighted by Gasteiger charge is 2.19. The molecule has 0 fully saturated rings. The van der Waals surface area contributed by atoms with Gasteiger partial charge in [-0.05, 0) is 66.1 Å². The van der Waals surface area contributed by atoms with Crippen LogP contribution in [0, 0.1) is 6.92 Å². The van der Waals surface area contributed by atoms with Crippen LogP contribution in [-0.4, -0.2) is 36.5 Å². The summed E-state index contributed by atoms with van der Waals surface area (Å²) < 4.78 is 16.4. The molecule has 0 bridgehead atoms. The van der Waals surface area contributed by atoms with Crippen molar-refractivity contribution in [3.63, 3.8) is 0 Å². The lowest BCUT2D eigenvalue weighted by Crippen LogP contribution is -2.15. The standard InChI is InChI=1S/C32H30N2O5/c1-21-5-7-22(8-6-21)24-11-14-28-26(18-24)19-25(15-17-38-28)32(36)34-27-12-9-23(10-13-27)31(35)30-29(39-20-37-2)4-3-16-33-30/h3-14,16,18-19,31,35H,15,17,20H2,1-2H3,(H,34,36). The van der Waals surface area contributed by atoms with E-state index in [0.29, 0.717) is 41.3 Å². The number of pyridine rings is 1. The maximum Gasteiger partial charge on any atom is 0.251 e. The first-order valence-electron chi connectivity index (χ1n) is 12.7. The lowest BCUT2D eigenvalue weighted by atomic mass is 10.00. The molecule has 1 aromatic heterocycles. The Balaban J connectivity index is 1.31. The van der Waals surface area contributed by atoms with Gasteiger partial charge in [-0.15, -0.1) is 0 Å². The van der Waals surface area contributed by atoms with E-state index in [0.717, 1.165) is 22.4 Å². The molecule has 3 aromatic carbocycles. The van der Waals surface area contributed by atoms with E-state index in [9.17, 15) is 9.90 Å². The van der Waals surface area contributed by atoms with Gasteiger partial charge in [0.2, 0.25) is 0 Å². The smallest absolute Gasteiger partial charge is 0.251 e. The first-order chi connectivity index (χ1) is 19.0. The number of benzene rings is 3. The fourth-order valence-corrected chi connectivity index (χ4v) is 4.40. The highest BCUT2D eigenvalue weighted by molar-refractivity contribution is 6.07. The normalized spacial score (nSPS) is 13.4. The fourth-order valence-electron chi connectivity index (χ4n) is 4.40. The van der Waals surface area contributed by atoms with Crippen molar-refractivity contribution >= 4 is 17.7 Å². The van der Waals surface area contributed by atoms with E-state index >= 15 is 0 Å². The number of ether oxygens (including phenoxy) is 3. The van der Waals surface area contributed by atoms with Crippen LogP contribution in [0.4, 0.5) is 5.69 Å². The molecular formula is C32H30N2O5. The lowest BCUT2D eigenvalue weighted by Gasteiger charge is -2.15. The van der Waals surface area contributed by atoms with Gasteiger partial charge in [0.05, 0.1) is 6.61 Å². The summed E-state index contributed by atoms with van der Waals surface area (Å²) >= 11 is 0. The highest BCUT2D eigenvalue weighted by Crippen LogP contribution is 2.32. The zero-order chi connectivity index (χ0) is 27.2. The number of nitrogens with zero attached hydrogens (tertiary/aromatic N) is 1. The van der Waals surface area contributed by atoms with Crippen molar-refractivity contribution < 1.29 is 24.1 Å². The van der Waals surface area contributed by atoms with Gasteiger partial charge in [-0.2, -0.15) is 0 Å². The zero-order valence-corrected chi connectivity index (χ0v) is 21.9. The molecule has 7 nitrogen and oxygen atoms in total. The Kier molecular flexibility index (Phi) is 8.01. The minimum absolute atomic E-state index is 0.0506. The Morgan fingerprint density at radius 2 is 1.82 bits per heavy atom. The quantitative estimate of drug-likeness (QED) is 0.279. The molecule has 1 aliphatic heterocycles. The third-order valence-electron chi connectivity index (χ3n) is 6.52. The van der Waals surface area contributed by atoms with Crippen LogP contribution in [-0.2, 0) is 9.53 Å². The van der Waals surface area contributed by atoms with Crippen molar-refractivity contribution in [1.29, 1.82) is 0 Å². The SMILES string of the molecule is COCOc1cccnc1C(O)c1ccc(NC(=O)C2=Cc3cc(-c4ccc(C)cc4)ccc3OCC2)cc1. The first kappa shape index (κ1) is 26.2. The minimum atomic E-state index is -0.997. The predicted molar refractivity (Wildman–Crippen MR) is 151 cm³/mol. The Morgan fingerprint density at radius 1 is 1.05 bits per heavy atom. The Bertz CT molecular complexity index is 1480. The van der Waals surface area contributed by atoms with Crippen molar-refractivity contribution in [1.82, 2.24) is 4.98 Å². The number of carbonyl (C=O) groups excluding carboxylic acids is 1. The molecule has 2 N–H and O–H groups in total. The molecule has 0 aliphatic carbocycles. The number of amides is 1. The average Bonchev–Trinajstić information content (AvgIpc) is 3.19. The number of rotatable bonds is 8. The second-order valence-electron chi connectivity index (χ2n) is 9.30. The molecule has 7 heteroatoms. The number of nitrogens with one attached hydrogen (secondary N) is 1. The largest absolute Gasteiger partial charge is 0.493 e. The number of aryl methyl sites for hydroxylation is 1. The molecule has 5 rings (SSSR count). The summed E-state index contributed by atoms with van der Waals surface area (Å²) in [7, 11) is 1.53. The van der Waals surface area contributed by atoms with E-state index in [-0.39, 0.29) is 12.7 Å². The van der Waals surface area contributed by atoms with Crippen LogP contribution >= 0.6 is 0 Å². The summed E-state index contributed by atoms with van der Waals surface area (Å²) in [5.41, 5.74) is 6.50. The summed E-state index contributed by atoms with van der Waals surface area (Å²) in [6.45, 7) is 2.53. The molecule has 2 heterocycles. The van der Waals surface area contributed by atoms with Crippen LogP contribution in [0.5, 0.6) is 11.5 Å². The van der Waals surface area contributed by atoms with Crippen LogP contribution < -0.4 is 14.8 Å². The van der Waals surface area contributed by atoms with Gasteiger partial charge in [0.1, 0.15) is 23.3 Å². The molecule has 198 valence electrons. The third kappa shape index (κ3) is 6.17. The van der Waals surface area contributed by atoms with Gasteiger partial charge in [0.15, 0.2) is 6.79 Å². The number of aliphatic hydroxyl groups is 1. The third-order valence-corrected chi connectivity index (χ3v) is 6.52. The van der Waals surface area contributed by atoms with Gasteiger partial charge < -0.3 is 24.6 Å². The van der Waals surface area contributed by atoms with E-state index in [4.69, 9.17) is 14.2 Å². The molecule has 1 aliphatic rings. The number of hydrogen-bond acceptors (Lipinski definition) is 6. The van der Waals surface area contributed by atoms with Crippen molar-refractivity contribution in [2.75, 3.05) is 25.8 Å². The van der Waals surface area contributed by atoms with Crippen LogP contribution in [0.1, 0.15) is 34.9 Å². The summed E-state index contributed by atoms with van der Waals surface area (Å²) in [6, 6.07) is 24.9. The van der Waals surface area contributed by atoms with Crippen LogP contribution in [0.2, 0.25) is 0 Å². The Hall–Kier alpha value is -4.46. The van der Waals surface area contributed by atoms with Gasteiger partial charge in [-0.25, -0.2) is 0 Å².